The summed E-state index contributed by atoms with van der Waals surface area (Å²) in [6, 6.07) is 0. The molecule has 0 radical (unpaired) electrons. The van der Waals surface area contributed by atoms with E-state index in [-0.39, 0.29) is 11.8 Å². The van der Waals surface area contributed by atoms with Gasteiger partial charge in [-0.15, -0.1) is 0 Å². The third-order valence-electron chi connectivity index (χ3n) is 2.94. The Kier molecular flexibility index (Phi) is 3.20. The van der Waals surface area contributed by atoms with Crippen molar-refractivity contribution in [3.63, 3.8) is 0 Å². The van der Waals surface area contributed by atoms with Gasteiger partial charge in [0.05, 0.1) is 13.1 Å². The minimum atomic E-state index is -0.632. The van der Waals surface area contributed by atoms with Gasteiger partial charge in [-0.2, -0.15) is 0 Å². The van der Waals surface area contributed by atoms with Crippen molar-refractivity contribution in [1.29, 1.82) is 0 Å². The Morgan fingerprint density at radius 2 is 1.86 bits per heavy atom. The quantitative estimate of drug-likeness (QED) is 0.743. The fourth-order valence-corrected chi connectivity index (χ4v) is 1.63. The van der Waals surface area contributed by atoms with Crippen LogP contribution in [0.4, 0.5) is 0 Å². The van der Waals surface area contributed by atoms with Crippen molar-refractivity contribution >= 4 is 5.91 Å². The molecule has 1 saturated heterocycles. The third-order valence-corrected chi connectivity index (χ3v) is 2.94. The molecule has 0 atom stereocenters. The van der Waals surface area contributed by atoms with Gasteiger partial charge < -0.3 is 10.0 Å². The molecule has 1 amide bonds. The van der Waals surface area contributed by atoms with Crippen molar-refractivity contribution in [3.8, 4) is 0 Å². The highest BCUT2D eigenvalue weighted by Crippen LogP contribution is 2.29. The lowest BCUT2D eigenvalue weighted by molar-refractivity contribution is -0.164. The molecule has 1 fully saturated rings. The zero-order chi connectivity index (χ0) is 10.9. The molecule has 1 aliphatic heterocycles. The zero-order valence-corrected chi connectivity index (χ0v) is 9.58. The Balaban J connectivity index is 2.37. The molecule has 0 spiro atoms. The average molecular weight is 199 g/mol. The Bertz CT molecular complexity index is 217. The first-order valence-electron chi connectivity index (χ1n) is 5.35. The van der Waals surface area contributed by atoms with E-state index >= 15 is 0 Å². The summed E-state index contributed by atoms with van der Waals surface area (Å²) >= 11 is 0. The molecule has 1 heterocycles. The van der Waals surface area contributed by atoms with Crippen LogP contribution in [0.5, 0.6) is 0 Å². The molecule has 1 rings (SSSR count). The highest BCUT2D eigenvalue weighted by atomic mass is 16.3. The SMILES string of the molecule is CC(C)CC(=O)N1CC(O)(C(C)C)C1. The monoisotopic (exact) mass is 199 g/mol. The van der Waals surface area contributed by atoms with Crippen LogP contribution >= 0.6 is 0 Å². The van der Waals surface area contributed by atoms with Gasteiger partial charge in [-0.05, 0) is 11.8 Å². The highest BCUT2D eigenvalue weighted by molar-refractivity contribution is 5.77. The summed E-state index contributed by atoms with van der Waals surface area (Å²) in [7, 11) is 0. The summed E-state index contributed by atoms with van der Waals surface area (Å²) in [4.78, 5) is 13.3. The van der Waals surface area contributed by atoms with E-state index in [1.54, 1.807) is 4.90 Å². The number of nitrogens with zero attached hydrogens (tertiary/aromatic N) is 1. The van der Waals surface area contributed by atoms with Gasteiger partial charge in [-0.3, -0.25) is 4.79 Å². The van der Waals surface area contributed by atoms with Crippen LogP contribution in [-0.4, -0.2) is 34.6 Å². The molecule has 1 N–H and O–H groups in total. The Morgan fingerprint density at radius 1 is 1.36 bits per heavy atom. The second kappa shape index (κ2) is 3.89. The number of likely N-dealkylation sites (tertiary alicyclic amines) is 1. The summed E-state index contributed by atoms with van der Waals surface area (Å²) in [5.74, 6) is 0.797. The van der Waals surface area contributed by atoms with E-state index in [0.717, 1.165) is 0 Å². The van der Waals surface area contributed by atoms with E-state index in [4.69, 9.17) is 0 Å². The van der Waals surface area contributed by atoms with Gasteiger partial charge in [0, 0.05) is 6.42 Å². The molecule has 0 unspecified atom stereocenters. The highest BCUT2D eigenvalue weighted by Gasteiger charge is 2.45. The lowest BCUT2D eigenvalue weighted by atomic mass is 9.82. The molecule has 3 heteroatoms. The predicted molar refractivity (Wildman–Crippen MR) is 55.8 cm³/mol. The van der Waals surface area contributed by atoms with Crippen LogP contribution in [0.2, 0.25) is 0 Å². The minimum Gasteiger partial charge on any atom is -0.386 e. The van der Waals surface area contributed by atoms with Crippen LogP contribution in [-0.2, 0) is 4.79 Å². The molecule has 0 bridgehead atoms. The van der Waals surface area contributed by atoms with Crippen LogP contribution in [0.3, 0.4) is 0 Å². The summed E-state index contributed by atoms with van der Waals surface area (Å²) in [5.41, 5.74) is -0.632. The first-order chi connectivity index (χ1) is 6.35. The van der Waals surface area contributed by atoms with Gasteiger partial charge in [-0.1, -0.05) is 27.7 Å². The largest absolute Gasteiger partial charge is 0.386 e. The van der Waals surface area contributed by atoms with Crippen molar-refractivity contribution in [2.24, 2.45) is 11.8 Å². The van der Waals surface area contributed by atoms with Gasteiger partial charge >= 0.3 is 0 Å². The van der Waals surface area contributed by atoms with Gasteiger partial charge in [0.1, 0.15) is 5.60 Å². The number of carbonyl (C=O) groups excluding carboxylic acids is 1. The van der Waals surface area contributed by atoms with Crippen LogP contribution in [0.25, 0.3) is 0 Å². The molecular weight excluding hydrogens is 178 g/mol. The van der Waals surface area contributed by atoms with Gasteiger partial charge in [0.15, 0.2) is 0 Å². The van der Waals surface area contributed by atoms with Crippen LogP contribution < -0.4 is 0 Å². The number of rotatable bonds is 3. The number of carbonyl (C=O) groups is 1. The molecule has 0 aromatic rings. The van der Waals surface area contributed by atoms with E-state index in [1.807, 2.05) is 27.7 Å². The molecule has 1 aliphatic rings. The first-order valence-corrected chi connectivity index (χ1v) is 5.35. The van der Waals surface area contributed by atoms with E-state index in [2.05, 4.69) is 0 Å². The van der Waals surface area contributed by atoms with Crippen molar-refractivity contribution < 1.29 is 9.90 Å². The number of aliphatic hydroxyl groups is 1. The smallest absolute Gasteiger partial charge is 0.223 e. The molecule has 14 heavy (non-hydrogen) atoms. The summed E-state index contributed by atoms with van der Waals surface area (Å²) in [6.07, 6.45) is 0.591. The second-order valence-corrected chi connectivity index (χ2v) is 5.11. The van der Waals surface area contributed by atoms with Gasteiger partial charge in [0.25, 0.3) is 0 Å². The predicted octanol–water partition coefficient (Wildman–Crippen LogP) is 1.26. The fraction of sp³-hybridized carbons (Fsp3) is 0.909. The fourth-order valence-electron chi connectivity index (χ4n) is 1.63. The molecule has 0 aromatic heterocycles. The third kappa shape index (κ3) is 2.27. The molecule has 3 nitrogen and oxygen atoms in total. The number of hydrogen-bond acceptors (Lipinski definition) is 2. The standard InChI is InChI=1S/C11H21NO2/c1-8(2)5-10(13)12-6-11(14,7-12)9(3)4/h8-9,14H,5-7H2,1-4H3. The summed E-state index contributed by atoms with van der Waals surface area (Å²) in [6.45, 7) is 9.07. The average Bonchev–Trinajstić information content (AvgIpc) is 1.96. The summed E-state index contributed by atoms with van der Waals surface area (Å²) < 4.78 is 0. The molecule has 0 aliphatic carbocycles. The Hall–Kier alpha value is -0.570. The summed E-state index contributed by atoms with van der Waals surface area (Å²) in [5, 5.41) is 9.95. The van der Waals surface area contributed by atoms with Crippen molar-refractivity contribution in [2.45, 2.75) is 39.7 Å². The molecule has 0 saturated carbocycles. The van der Waals surface area contributed by atoms with Crippen LogP contribution in [0.1, 0.15) is 34.1 Å². The maximum atomic E-state index is 11.6. The lowest BCUT2D eigenvalue weighted by Gasteiger charge is -2.49. The number of hydrogen-bond donors (Lipinski definition) is 1. The second-order valence-electron chi connectivity index (χ2n) is 5.11. The van der Waals surface area contributed by atoms with Gasteiger partial charge in [0.2, 0.25) is 5.91 Å². The molecule has 0 aromatic carbocycles. The molecular formula is C11H21NO2. The van der Waals surface area contributed by atoms with E-state index in [0.29, 0.717) is 25.4 Å². The zero-order valence-electron chi connectivity index (χ0n) is 9.58. The van der Waals surface area contributed by atoms with Crippen molar-refractivity contribution in [2.75, 3.05) is 13.1 Å². The van der Waals surface area contributed by atoms with Crippen molar-refractivity contribution in [3.05, 3.63) is 0 Å². The number of amides is 1. The van der Waals surface area contributed by atoms with E-state index in [9.17, 15) is 9.90 Å². The van der Waals surface area contributed by atoms with Gasteiger partial charge in [-0.25, -0.2) is 0 Å². The Labute approximate surface area is 86.1 Å². The van der Waals surface area contributed by atoms with Crippen molar-refractivity contribution in [1.82, 2.24) is 4.90 Å². The maximum Gasteiger partial charge on any atom is 0.223 e. The Morgan fingerprint density at radius 3 is 2.21 bits per heavy atom. The normalized spacial score (nSPS) is 20.1. The number of β-amino-alcohol motifs (C(OH)–C–C–N with tert-alkyl or cyclic N) is 1. The first kappa shape index (κ1) is 11.5. The minimum absolute atomic E-state index is 0.172. The lowest BCUT2D eigenvalue weighted by Crippen LogP contribution is -2.66. The van der Waals surface area contributed by atoms with E-state index in [1.165, 1.54) is 0 Å². The van der Waals surface area contributed by atoms with Crippen LogP contribution in [0.15, 0.2) is 0 Å². The van der Waals surface area contributed by atoms with E-state index < -0.39 is 5.60 Å². The maximum absolute atomic E-state index is 11.6. The van der Waals surface area contributed by atoms with Crippen LogP contribution in [0, 0.1) is 11.8 Å². The topological polar surface area (TPSA) is 40.5 Å². The molecule has 82 valence electrons.